The van der Waals surface area contributed by atoms with Crippen LogP contribution in [0, 0.1) is 11.8 Å². The fraction of sp³-hybridized carbons (Fsp3) is 0.429. The van der Waals surface area contributed by atoms with Crippen LogP contribution in [0.3, 0.4) is 0 Å². The summed E-state index contributed by atoms with van der Waals surface area (Å²) in [5, 5.41) is 18.3. The maximum Gasteiger partial charge on any atom is 0.324 e. The van der Waals surface area contributed by atoms with Crippen LogP contribution in [0.1, 0.15) is 18.4 Å². The number of aryl methyl sites for hydroxylation is 1. The van der Waals surface area contributed by atoms with Crippen molar-refractivity contribution in [1.29, 1.82) is 0 Å². The lowest BCUT2D eigenvalue weighted by atomic mass is 9.86. The summed E-state index contributed by atoms with van der Waals surface area (Å²) in [5.74, 6) is -3.19. The Morgan fingerprint density at radius 1 is 1.30 bits per heavy atom. The highest BCUT2D eigenvalue weighted by Gasteiger charge is 2.57. The summed E-state index contributed by atoms with van der Waals surface area (Å²) >= 11 is 3.33. The summed E-state index contributed by atoms with van der Waals surface area (Å²) in [6.07, 6.45) is 1.09. The molecular weight excluding hydrogens is 326 g/mol. The highest BCUT2D eigenvalue weighted by Crippen LogP contribution is 2.47. The number of benzene rings is 1. The zero-order valence-corrected chi connectivity index (χ0v) is 12.3. The van der Waals surface area contributed by atoms with E-state index in [0.717, 1.165) is 10.0 Å². The zero-order valence-electron chi connectivity index (χ0n) is 10.8. The van der Waals surface area contributed by atoms with E-state index in [0.29, 0.717) is 12.8 Å². The Hall–Kier alpha value is -1.40. The van der Waals surface area contributed by atoms with Crippen molar-refractivity contribution in [1.82, 2.24) is 0 Å². The molecule has 20 heavy (non-hydrogen) atoms. The van der Waals surface area contributed by atoms with Gasteiger partial charge in [0.1, 0.15) is 5.54 Å². The molecule has 0 spiro atoms. The van der Waals surface area contributed by atoms with Gasteiger partial charge in [-0.15, -0.1) is 0 Å². The van der Waals surface area contributed by atoms with E-state index in [1.807, 2.05) is 24.3 Å². The van der Waals surface area contributed by atoms with Crippen LogP contribution in [0.25, 0.3) is 0 Å². The standard InChI is InChI=1S/C14H16BrNO4/c15-9-3-1-8(2-4-9)5-6-14(16,13(19)20)11-7-10(11)12(17)18/h1-4,10-11H,5-7,16H2,(H,17,18)(H,19,20)/t10-,11?,14+/m0/s1. The molecule has 1 aliphatic rings. The van der Waals surface area contributed by atoms with E-state index >= 15 is 0 Å². The van der Waals surface area contributed by atoms with Crippen molar-refractivity contribution in [2.24, 2.45) is 17.6 Å². The molecule has 0 bridgehead atoms. The monoisotopic (exact) mass is 341 g/mol. The van der Waals surface area contributed by atoms with E-state index in [-0.39, 0.29) is 6.42 Å². The normalized spacial score (nSPS) is 23.9. The number of aliphatic carboxylic acids is 2. The number of hydrogen-bond donors (Lipinski definition) is 3. The molecule has 2 rings (SSSR count). The van der Waals surface area contributed by atoms with Crippen molar-refractivity contribution < 1.29 is 19.8 Å². The van der Waals surface area contributed by atoms with E-state index in [2.05, 4.69) is 15.9 Å². The third kappa shape index (κ3) is 3.02. The molecule has 3 atom stereocenters. The topological polar surface area (TPSA) is 101 Å². The molecule has 1 aromatic carbocycles. The van der Waals surface area contributed by atoms with Crippen molar-refractivity contribution in [3.63, 3.8) is 0 Å². The van der Waals surface area contributed by atoms with Gasteiger partial charge in [0, 0.05) is 10.4 Å². The van der Waals surface area contributed by atoms with Crippen LogP contribution < -0.4 is 5.73 Å². The lowest BCUT2D eigenvalue weighted by Crippen LogP contribution is -2.51. The van der Waals surface area contributed by atoms with Gasteiger partial charge in [-0.05, 0) is 37.0 Å². The molecule has 5 nitrogen and oxygen atoms in total. The molecule has 0 heterocycles. The number of nitrogens with two attached hydrogens (primary N) is 1. The number of hydrogen-bond acceptors (Lipinski definition) is 3. The van der Waals surface area contributed by atoms with Crippen LogP contribution in [0.15, 0.2) is 28.7 Å². The predicted octanol–water partition coefficient (Wildman–Crippen LogP) is 1.88. The second-order valence-corrected chi connectivity index (χ2v) is 6.17. The number of carbonyl (C=O) groups is 2. The van der Waals surface area contributed by atoms with Crippen molar-refractivity contribution in [2.45, 2.75) is 24.8 Å². The Bertz CT molecular complexity index is 530. The van der Waals surface area contributed by atoms with E-state index < -0.39 is 29.3 Å². The molecule has 0 radical (unpaired) electrons. The molecule has 6 heteroatoms. The van der Waals surface area contributed by atoms with Gasteiger partial charge in [0.15, 0.2) is 0 Å². The molecule has 0 saturated heterocycles. The van der Waals surface area contributed by atoms with Gasteiger partial charge in [-0.3, -0.25) is 9.59 Å². The van der Waals surface area contributed by atoms with Crippen molar-refractivity contribution in [3.05, 3.63) is 34.3 Å². The third-order valence-electron chi connectivity index (χ3n) is 3.91. The van der Waals surface area contributed by atoms with E-state index in [4.69, 9.17) is 10.8 Å². The fourth-order valence-electron chi connectivity index (χ4n) is 2.49. The summed E-state index contributed by atoms with van der Waals surface area (Å²) in [6, 6.07) is 7.55. The molecule has 0 aliphatic heterocycles. The summed E-state index contributed by atoms with van der Waals surface area (Å²) < 4.78 is 0.951. The fourth-order valence-corrected chi connectivity index (χ4v) is 2.75. The van der Waals surface area contributed by atoms with Crippen molar-refractivity contribution in [2.75, 3.05) is 0 Å². The smallest absolute Gasteiger partial charge is 0.324 e. The van der Waals surface area contributed by atoms with Crippen LogP contribution in [0.5, 0.6) is 0 Å². The maximum absolute atomic E-state index is 11.4. The first-order valence-electron chi connectivity index (χ1n) is 6.34. The Morgan fingerprint density at radius 3 is 2.35 bits per heavy atom. The summed E-state index contributed by atoms with van der Waals surface area (Å²) in [4.78, 5) is 22.3. The third-order valence-corrected chi connectivity index (χ3v) is 4.44. The quantitative estimate of drug-likeness (QED) is 0.733. The van der Waals surface area contributed by atoms with E-state index in [9.17, 15) is 14.7 Å². The highest BCUT2D eigenvalue weighted by molar-refractivity contribution is 9.10. The van der Waals surface area contributed by atoms with Crippen LogP contribution in [0.4, 0.5) is 0 Å². The molecule has 0 amide bonds. The summed E-state index contributed by atoms with van der Waals surface area (Å²) in [5.41, 5.74) is 5.50. The number of halogens is 1. The van der Waals surface area contributed by atoms with Crippen LogP contribution in [-0.2, 0) is 16.0 Å². The van der Waals surface area contributed by atoms with E-state index in [1.54, 1.807) is 0 Å². The van der Waals surface area contributed by atoms with Crippen LogP contribution >= 0.6 is 15.9 Å². The zero-order chi connectivity index (χ0) is 14.9. The van der Waals surface area contributed by atoms with Gasteiger partial charge >= 0.3 is 11.9 Å². The first kappa shape index (κ1) is 15.0. The second kappa shape index (κ2) is 5.54. The lowest BCUT2D eigenvalue weighted by Gasteiger charge is -2.25. The molecular formula is C14H16BrNO4. The van der Waals surface area contributed by atoms with Crippen molar-refractivity contribution in [3.8, 4) is 0 Å². The highest BCUT2D eigenvalue weighted by atomic mass is 79.9. The minimum Gasteiger partial charge on any atom is -0.481 e. The average molecular weight is 342 g/mol. The molecule has 1 aliphatic carbocycles. The average Bonchev–Trinajstić information content (AvgIpc) is 3.18. The number of carboxylic acids is 2. The predicted molar refractivity (Wildman–Crippen MR) is 76.3 cm³/mol. The lowest BCUT2D eigenvalue weighted by molar-refractivity contribution is -0.145. The van der Waals surface area contributed by atoms with Gasteiger partial charge in [0.05, 0.1) is 5.92 Å². The summed E-state index contributed by atoms with van der Waals surface area (Å²) in [7, 11) is 0. The molecule has 1 fully saturated rings. The minimum atomic E-state index is -1.46. The molecule has 0 aromatic heterocycles. The Balaban J connectivity index is 2.05. The van der Waals surface area contributed by atoms with Crippen LogP contribution in [-0.4, -0.2) is 27.7 Å². The minimum absolute atomic E-state index is 0.235. The second-order valence-electron chi connectivity index (χ2n) is 5.26. The van der Waals surface area contributed by atoms with Crippen LogP contribution in [0.2, 0.25) is 0 Å². The largest absolute Gasteiger partial charge is 0.481 e. The molecule has 1 aromatic rings. The van der Waals surface area contributed by atoms with Gasteiger partial charge in [-0.25, -0.2) is 0 Å². The molecule has 108 valence electrons. The van der Waals surface area contributed by atoms with Gasteiger partial charge in [-0.1, -0.05) is 28.1 Å². The van der Waals surface area contributed by atoms with Gasteiger partial charge in [-0.2, -0.15) is 0 Å². The van der Waals surface area contributed by atoms with Gasteiger partial charge in [0.2, 0.25) is 0 Å². The van der Waals surface area contributed by atoms with Gasteiger partial charge in [0.25, 0.3) is 0 Å². The SMILES string of the molecule is N[C@@](CCc1ccc(Br)cc1)(C(=O)O)C1C[C@@H]1C(=O)O. The van der Waals surface area contributed by atoms with Crippen molar-refractivity contribution >= 4 is 27.9 Å². The van der Waals surface area contributed by atoms with Gasteiger partial charge < -0.3 is 15.9 Å². The Labute approximate surface area is 124 Å². The Morgan fingerprint density at radius 2 is 1.90 bits per heavy atom. The summed E-state index contributed by atoms with van der Waals surface area (Å²) in [6.45, 7) is 0. The van der Waals surface area contributed by atoms with E-state index in [1.165, 1.54) is 0 Å². The number of carboxylic acid groups (broad SMARTS) is 2. The Kier molecular flexibility index (Phi) is 4.15. The molecule has 4 N–H and O–H groups in total. The first-order valence-corrected chi connectivity index (χ1v) is 7.13. The maximum atomic E-state index is 11.4. The molecule has 1 unspecified atom stereocenters. The first-order chi connectivity index (χ1) is 9.34. The molecule has 1 saturated carbocycles. The number of rotatable bonds is 6.